The van der Waals surface area contributed by atoms with Crippen LogP contribution in [0.4, 0.5) is 5.69 Å². The predicted octanol–water partition coefficient (Wildman–Crippen LogP) is 1.86. The van der Waals surface area contributed by atoms with Crippen LogP contribution in [0.25, 0.3) is 0 Å². The number of rotatable bonds is 7. The molecule has 0 aliphatic carbocycles. The average molecular weight is 395 g/mol. The standard InChI is InChI=1S/C21H21N3O5/c1-5-10-22-20(27)14-8-6-7-9-15(14)23-17(26)11-16-18(21(28)29-4)12(2)19(24-16)13(3)25/h1,6-9,24H,10-11H2,2-4H3,(H,22,27)(H,23,26). The number of hydrogen-bond acceptors (Lipinski definition) is 5. The maximum absolute atomic E-state index is 12.6. The number of para-hydroxylation sites is 1. The lowest BCUT2D eigenvalue weighted by Crippen LogP contribution is -2.26. The second-order valence-electron chi connectivity index (χ2n) is 6.18. The number of esters is 1. The normalized spacial score (nSPS) is 10.0. The van der Waals surface area contributed by atoms with Gasteiger partial charge in [0.25, 0.3) is 5.91 Å². The van der Waals surface area contributed by atoms with Crippen molar-refractivity contribution in [2.45, 2.75) is 20.3 Å². The SMILES string of the molecule is C#CCNC(=O)c1ccccc1NC(=O)Cc1[nH]c(C(C)=O)c(C)c1C(=O)OC. The second kappa shape index (κ2) is 9.37. The van der Waals surface area contributed by atoms with Crippen molar-refractivity contribution in [3.63, 3.8) is 0 Å². The molecule has 29 heavy (non-hydrogen) atoms. The van der Waals surface area contributed by atoms with Gasteiger partial charge in [0.15, 0.2) is 5.78 Å². The van der Waals surface area contributed by atoms with Crippen molar-refractivity contribution >= 4 is 29.3 Å². The maximum atomic E-state index is 12.6. The minimum absolute atomic E-state index is 0.0547. The number of carbonyl (C=O) groups excluding carboxylic acids is 4. The lowest BCUT2D eigenvalue weighted by atomic mass is 10.1. The molecule has 8 nitrogen and oxygen atoms in total. The van der Waals surface area contributed by atoms with Crippen LogP contribution in [0.5, 0.6) is 0 Å². The number of anilines is 1. The number of carbonyl (C=O) groups is 4. The summed E-state index contributed by atoms with van der Waals surface area (Å²) in [6, 6.07) is 6.45. The molecule has 0 aliphatic heterocycles. The van der Waals surface area contributed by atoms with Crippen molar-refractivity contribution in [1.82, 2.24) is 10.3 Å². The summed E-state index contributed by atoms with van der Waals surface area (Å²) >= 11 is 0. The lowest BCUT2D eigenvalue weighted by Gasteiger charge is -2.11. The summed E-state index contributed by atoms with van der Waals surface area (Å²) in [4.78, 5) is 51.5. The number of methoxy groups -OCH3 is 1. The topological polar surface area (TPSA) is 117 Å². The fourth-order valence-corrected chi connectivity index (χ4v) is 2.89. The van der Waals surface area contributed by atoms with E-state index in [-0.39, 0.29) is 41.3 Å². The van der Waals surface area contributed by atoms with E-state index in [1.807, 2.05) is 0 Å². The molecule has 0 saturated heterocycles. The fraction of sp³-hybridized carbons (Fsp3) is 0.238. The van der Waals surface area contributed by atoms with Crippen molar-refractivity contribution in [3.8, 4) is 12.3 Å². The highest BCUT2D eigenvalue weighted by atomic mass is 16.5. The molecule has 0 radical (unpaired) electrons. The monoisotopic (exact) mass is 395 g/mol. The number of benzene rings is 1. The molecule has 0 aliphatic rings. The lowest BCUT2D eigenvalue weighted by molar-refractivity contribution is -0.115. The van der Waals surface area contributed by atoms with Gasteiger partial charge in [0, 0.05) is 12.6 Å². The Balaban J connectivity index is 2.28. The predicted molar refractivity (Wildman–Crippen MR) is 107 cm³/mol. The number of terminal acetylenes is 1. The van der Waals surface area contributed by atoms with Crippen molar-refractivity contribution in [2.75, 3.05) is 19.0 Å². The van der Waals surface area contributed by atoms with Crippen molar-refractivity contribution in [2.24, 2.45) is 0 Å². The summed E-state index contributed by atoms with van der Waals surface area (Å²) in [5, 5.41) is 5.19. The first kappa shape index (κ1) is 21.4. The number of aromatic amines is 1. The van der Waals surface area contributed by atoms with Gasteiger partial charge in [-0.2, -0.15) is 0 Å². The smallest absolute Gasteiger partial charge is 0.339 e. The molecule has 0 saturated carbocycles. The molecule has 2 aromatic rings. The number of Topliss-reactive ketones (excluding diaryl/α,β-unsaturated/α-hetero) is 1. The van der Waals surface area contributed by atoms with Gasteiger partial charge in [0.05, 0.1) is 42.6 Å². The molecule has 1 aromatic carbocycles. The molecule has 1 heterocycles. The first-order valence-electron chi connectivity index (χ1n) is 8.71. The zero-order valence-corrected chi connectivity index (χ0v) is 16.3. The number of H-pyrrole nitrogens is 1. The first-order valence-corrected chi connectivity index (χ1v) is 8.71. The van der Waals surface area contributed by atoms with Gasteiger partial charge in [0.2, 0.25) is 5.91 Å². The largest absolute Gasteiger partial charge is 0.465 e. The summed E-state index contributed by atoms with van der Waals surface area (Å²) in [6.45, 7) is 3.01. The highest BCUT2D eigenvalue weighted by Gasteiger charge is 2.24. The van der Waals surface area contributed by atoms with Gasteiger partial charge < -0.3 is 20.4 Å². The van der Waals surface area contributed by atoms with Crippen LogP contribution in [0.3, 0.4) is 0 Å². The highest BCUT2D eigenvalue weighted by Crippen LogP contribution is 2.22. The van der Waals surface area contributed by atoms with E-state index in [0.717, 1.165) is 0 Å². The number of ketones is 1. The third-order valence-corrected chi connectivity index (χ3v) is 4.20. The number of ether oxygens (including phenoxy) is 1. The molecule has 0 spiro atoms. The van der Waals surface area contributed by atoms with E-state index in [0.29, 0.717) is 11.3 Å². The molecule has 0 atom stereocenters. The Morgan fingerprint density at radius 3 is 2.52 bits per heavy atom. The van der Waals surface area contributed by atoms with E-state index in [4.69, 9.17) is 11.2 Å². The molecule has 150 valence electrons. The summed E-state index contributed by atoms with van der Waals surface area (Å²) in [7, 11) is 1.22. The zero-order valence-electron chi connectivity index (χ0n) is 16.3. The summed E-state index contributed by atoms with van der Waals surface area (Å²) < 4.78 is 4.77. The van der Waals surface area contributed by atoms with Crippen LogP contribution in [0, 0.1) is 19.3 Å². The van der Waals surface area contributed by atoms with Gasteiger partial charge in [0.1, 0.15) is 0 Å². The van der Waals surface area contributed by atoms with Crippen LogP contribution in [-0.2, 0) is 16.0 Å². The quantitative estimate of drug-likeness (QED) is 0.376. The summed E-state index contributed by atoms with van der Waals surface area (Å²) in [5.74, 6) is 0.477. The molecule has 2 amide bonds. The Kier molecular flexibility index (Phi) is 6.93. The van der Waals surface area contributed by atoms with E-state index < -0.39 is 17.8 Å². The number of hydrogen-bond donors (Lipinski definition) is 3. The van der Waals surface area contributed by atoms with Crippen LogP contribution in [0.1, 0.15) is 49.4 Å². The molecule has 0 fully saturated rings. The average Bonchev–Trinajstić information content (AvgIpc) is 3.01. The second-order valence-corrected chi connectivity index (χ2v) is 6.18. The van der Waals surface area contributed by atoms with Crippen LogP contribution in [-0.4, -0.2) is 42.2 Å². The molecule has 0 unspecified atom stereocenters. The Morgan fingerprint density at radius 1 is 1.21 bits per heavy atom. The van der Waals surface area contributed by atoms with E-state index >= 15 is 0 Å². The van der Waals surface area contributed by atoms with Crippen molar-refractivity contribution in [1.29, 1.82) is 0 Å². The minimum atomic E-state index is -0.650. The van der Waals surface area contributed by atoms with Crippen LogP contribution in [0.15, 0.2) is 24.3 Å². The van der Waals surface area contributed by atoms with Crippen molar-refractivity contribution in [3.05, 3.63) is 52.3 Å². The minimum Gasteiger partial charge on any atom is -0.465 e. The van der Waals surface area contributed by atoms with E-state index in [9.17, 15) is 19.2 Å². The van der Waals surface area contributed by atoms with Gasteiger partial charge in [-0.25, -0.2) is 4.79 Å². The van der Waals surface area contributed by atoms with Gasteiger partial charge in [-0.3, -0.25) is 14.4 Å². The van der Waals surface area contributed by atoms with Gasteiger partial charge in [-0.15, -0.1) is 6.42 Å². The fourth-order valence-electron chi connectivity index (χ4n) is 2.89. The van der Waals surface area contributed by atoms with Crippen LogP contribution < -0.4 is 10.6 Å². The van der Waals surface area contributed by atoms with Gasteiger partial charge in [-0.1, -0.05) is 18.1 Å². The maximum Gasteiger partial charge on any atom is 0.339 e. The van der Waals surface area contributed by atoms with Gasteiger partial charge >= 0.3 is 5.97 Å². The summed E-state index contributed by atoms with van der Waals surface area (Å²) in [5.41, 5.74) is 1.60. The molecule has 8 heteroatoms. The Morgan fingerprint density at radius 2 is 1.90 bits per heavy atom. The Labute approximate surface area is 168 Å². The van der Waals surface area contributed by atoms with Crippen molar-refractivity contribution < 1.29 is 23.9 Å². The molecule has 2 rings (SSSR count). The zero-order chi connectivity index (χ0) is 21.6. The van der Waals surface area contributed by atoms with E-state index in [2.05, 4.69) is 21.5 Å². The first-order chi connectivity index (χ1) is 13.8. The Hall–Kier alpha value is -3.86. The van der Waals surface area contributed by atoms with Crippen LogP contribution in [0.2, 0.25) is 0 Å². The summed E-state index contributed by atoms with van der Waals surface area (Å²) in [6.07, 6.45) is 4.92. The number of aromatic nitrogens is 1. The molecular weight excluding hydrogens is 374 g/mol. The third kappa shape index (κ3) is 4.90. The Bertz CT molecular complexity index is 1010. The highest BCUT2D eigenvalue weighted by molar-refractivity contribution is 6.05. The van der Waals surface area contributed by atoms with E-state index in [1.165, 1.54) is 14.0 Å². The van der Waals surface area contributed by atoms with E-state index in [1.54, 1.807) is 31.2 Å². The molecule has 0 bridgehead atoms. The third-order valence-electron chi connectivity index (χ3n) is 4.20. The van der Waals surface area contributed by atoms with Crippen LogP contribution >= 0.6 is 0 Å². The van der Waals surface area contributed by atoms with Gasteiger partial charge in [-0.05, 0) is 24.6 Å². The number of nitrogens with one attached hydrogen (secondary N) is 3. The molecule has 3 N–H and O–H groups in total. The molecular formula is C21H21N3O5. The molecule has 1 aromatic heterocycles. The number of amides is 2.